The third kappa shape index (κ3) is 5.78. The van der Waals surface area contributed by atoms with Crippen LogP contribution in [0.15, 0.2) is 42.5 Å². The standard InChI is InChI=1S/C23H27F2N3O2/c1-15(2)27-23(30)28-8-4-7-19(14-28)17-5-3-6-18(11-17)22(29)26-13-16-9-20(24)12-21(25)10-16/h3,5-6,9-12,15,19H,4,7-8,13-14H2,1-2H3,(H,26,29)(H,27,30). The molecule has 7 heteroatoms. The average molecular weight is 415 g/mol. The van der Waals surface area contributed by atoms with Crippen LogP contribution < -0.4 is 10.6 Å². The van der Waals surface area contributed by atoms with E-state index in [1.807, 2.05) is 36.9 Å². The number of halogens is 2. The minimum atomic E-state index is -0.676. The highest BCUT2D eigenvalue weighted by Crippen LogP contribution is 2.27. The highest BCUT2D eigenvalue weighted by molar-refractivity contribution is 5.94. The van der Waals surface area contributed by atoms with Crippen LogP contribution in [0.5, 0.6) is 0 Å². The quantitative estimate of drug-likeness (QED) is 0.769. The van der Waals surface area contributed by atoms with Crippen molar-refractivity contribution in [3.05, 3.63) is 70.8 Å². The number of carbonyl (C=O) groups excluding carboxylic acids is 2. The molecule has 0 bridgehead atoms. The number of nitrogens with one attached hydrogen (secondary N) is 2. The van der Waals surface area contributed by atoms with Gasteiger partial charge < -0.3 is 15.5 Å². The Balaban J connectivity index is 1.64. The van der Waals surface area contributed by atoms with Gasteiger partial charge in [0.05, 0.1) is 0 Å². The highest BCUT2D eigenvalue weighted by atomic mass is 19.1. The third-order valence-corrected chi connectivity index (χ3v) is 5.12. The molecule has 160 valence electrons. The monoisotopic (exact) mass is 415 g/mol. The number of carbonyl (C=O) groups is 2. The minimum Gasteiger partial charge on any atom is -0.348 e. The second-order valence-corrected chi connectivity index (χ2v) is 7.98. The number of hydrogen-bond donors (Lipinski definition) is 2. The summed E-state index contributed by atoms with van der Waals surface area (Å²) in [6, 6.07) is 10.5. The Morgan fingerprint density at radius 1 is 1.13 bits per heavy atom. The summed E-state index contributed by atoms with van der Waals surface area (Å²) in [5.41, 5.74) is 1.84. The van der Waals surface area contributed by atoms with Crippen molar-refractivity contribution in [3.8, 4) is 0 Å². The van der Waals surface area contributed by atoms with Crippen molar-refractivity contribution < 1.29 is 18.4 Å². The zero-order chi connectivity index (χ0) is 21.7. The molecule has 1 saturated heterocycles. The number of urea groups is 1. The van der Waals surface area contributed by atoms with E-state index in [1.165, 1.54) is 12.1 Å². The van der Waals surface area contributed by atoms with E-state index in [4.69, 9.17) is 0 Å². The zero-order valence-electron chi connectivity index (χ0n) is 17.3. The van der Waals surface area contributed by atoms with Crippen molar-refractivity contribution in [3.63, 3.8) is 0 Å². The van der Waals surface area contributed by atoms with Crippen LogP contribution in [0.2, 0.25) is 0 Å². The normalized spacial score (nSPS) is 16.4. The predicted octanol–water partition coefficient (Wildman–Crippen LogP) is 4.19. The lowest BCUT2D eigenvalue weighted by atomic mass is 9.89. The van der Waals surface area contributed by atoms with E-state index in [0.29, 0.717) is 17.7 Å². The molecule has 2 aromatic carbocycles. The predicted molar refractivity (Wildman–Crippen MR) is 111 cm³/mol. The molecule has 2 N–H and O–H groups in total. The molecule has 0 radical (unpaired) electrons. The van der Waals surface area contributed by atoms with Gasteiger partial charge >= 0.3 is 6.03 Å². The molecular weight excluding hydrogens is 388 g/mol. The SMILES string of the molecule is CC(C)NC(=O)N1CCCC(c2cccc(C(=O)NCc3cc(F)cc(F)c3)c2)C1. The van der Waals surface area contributed by atoms with Gasteiger partial charge in [-0.05, 0) is 62.1 Å². The van der Waals surface area contributed by atoms with E-state index < -0.39 is 11.6 Å². The number of amides is 3. The van der Waals surface area contributed by atoms with Crippen LogP contribution in [-0.4, -0.2) is 36.0 Å². The fourth-order valence-electron chi connectivity index (χ4n) is 3.70. The van der Waals surface area contributed by atoms with Crippen molar-refractivity contribution in [2.75, 3.05) is 13.1 Å². The Morgan fingerprint density at radius 2 is 1.87 bits per heavy atom. The lowest BCUT2D eigenvalue weighted by Crippen LogP contribution is -2.47. The van der Waals surface area contributed by atoms with Crippen molar-refractivity contribution in [2.24, 2.45) is 0 Å². The topological polar surface area (TPSA) is 61.4 Å². The molecule has 3 amide bonds. The lowest BCUT2D eigenvalue weighted by Gasteiger charge is -2.33. The Labute approximate surface area is 175 Å². The van der Waals surface area contributed by atoms with Crippen LogP contribution in [-0.2, 0) is 6.54 Å². The number of rotatable bonds is 5. The fourth-order valence-corrected chi connectivity index (χ4v) is 3.70. The molecule has 0 spiro atoms. The van der Waals surface area contributed by atoms with Crippen molar-refractivity contribution >= 4 is 11.9 Å². The molecule has 0 saturated carbocycles. The number of likely N-dealkylation sites (tertiary alicyclic amines) is 1. The number of nitrogens with zero attached hydrogens (tertiary/aromatic N) is 1. The van der Waals surface area contributed by atoms with Gasteiger partial charge in [0.15, 0.2) is 0 Å². The first-order chi connectivity index (χ1) is 14.3. The molecule has 1 fully saturated rings. The molecule has 1 aliphatic heterocycles. The fraction of sp³-hybridized carbons (Fsp3) is 0.391. The van der Waals surface area contributed by atoms with Crippen LogP contribution >= 0.6 is 0 Å². The molecule has 1 aliphatic rings. The largest absolute Gasteiger partial charge is 0.348 e. The van der Waals surface area contributed by atoms with Gasteiger partial charge in [-0.1, -0.05) is 12.1 Å². The number of piperidine rings is 1. The zero-order valence-corrected chi connectivity index (χ0v) is 17.3. The number of benzene rings is 2. The second kappa shape index (κ2) is 9.69. The van der Waals surface area contributed by atoms with Crippen LogP contribution in [0.3, 0.4) is 0 Å². The second-order valence-electron chi connectivity index (χ2n) is 7.98. The first-order valence-electron chi connectivity index (χ1n) is 10.2. The first kappa shape index (κ1) is 21.7. The van der Waals surface area contributed by atoms with Crippen LogP contribution in [0, 0.1) is 11.6 Å². The van der Waals surface area contributed by atoms with Gasteiger partial charge in [0.25, 0.3) is 5.91 Å². The van der Waals surface area contributed by atoms with Crippen LogP contribution in [0.4, 0.5) is 13.6 Å². The summed E-state index contributed by atoms with van der Waals surface area (Å²) in [4.78, 5) is 26.7. The van der Waals surface area contributed by atoms with Gasteiger partial charge in [0.2, 0.25) is 0 Å². The minimum absolute atomic E-state index is 0.0321. The highest BCUT2D eigenvalue weighted by Gasteiger charge is 2.25. The smallest absolute Gasteiger partial charge is 0.317 e. The maximum atomic E-state index is 13.3. The molecule has 1 unspecified atom stereocenters. The van der Waals surface area contributed by atoms with E-state index in [9.17, 15) is 18.4 Å². The molecule has 30 heavy (non-hydrogen) atoms. The Morgan fingerprint density at radius 3 is 2.57 bits per heavy atom. The van der Waals surface area contributed by atoms with Gasteiger partial charge in [-0.15, -0.1) is 0 Å². The Hall–Kier alpha value is -2.96. The molecule has 2 aromatic rings. The van der Waals surface area contributed by atoms with Crippen LogP contribution in [0.25, 0.3) is 0 Å². The van der Waals surface area contributed by atoms with E-state index in [0.717, 1.165) is 31.0 Å². The Bertz CT molecular complexity index is 897. The van der Waals surface area contributed by atoms with E-state index in [1.54, 1.807) is 6.07 Å². The summed E-state index contributed by atoms with van der Waals surface area (Å²) in [6.07, 6.45) is 1.84. The first-order valence-corrected chi connectivity index (χ1v) is 10.2. The third-order valence-electron chi connectivity index (χ3n) is 5.12. The molecule has 3 rings (SSSR count). The van der Waals surface area contributed by atoms with Crippen molar-refractivity contribution in [1.29, 1.82) is 0 Å². The van der Waals surface area contributed by atoms with Gasteiger partial charge in [0, 0.05) is 43.2 Å². The van der Waals surface area contributed by atoms with Gasteiger partial charge in [-0.25, -0.2) is 13.6 Å². The molecule has 5 nitrogen and oxygen atoms in total. The summed E-state index contributed by atoms with van der Waals surface area (Å²) < 4.78 is 26.6. The van der Waals surface area contributed by atoms with Gasteiger partial charge in [-0.2, -0.15) is 0 Å². The Kier molecular flexibility index (Phi) is 7.03. The van der Waals surface area contributed by atoms with Gasteiger partial charge in [-0.3, -0.25) is 4.79 Å². The summed E-state index contributed by atoms with van der Waals surface area (Å²) in [5, 5.41) is 5.63. The maximum absolute atomic E-state index is 13.3. The maximum Gasteiger partial charge on any atom is 0.317 e. The molecule has 1 heterocycles. The summed E-state index contributed by atoms with van der Waals surface area (Å²) in [6.45, 7) is 5.22. The summed E-state index contributed by atoms with van der Waals surface area (Å²) in [7, 11) is 0. The van der Waals surface area contributed by atoms with E-state index in [-0.39, 0.29) is 30.4 Å². The van der Waals surface area contributed by atoms with Crippen molar-refractivity contribution in [2.45, 2.75) is 45.2 Å². The summed E-state index contributed by atoms with van der Waals surface area (Å²) in [5.74, 6) is -1.51. The molecular formula is C23H27F2N3O2. The van der Waals surface area contributed by atoms with Crippen LogP contribution in [0.1, 0.15) is 54.1 Å². The molecule has 0 aliphatic carbocycles. The van der Waals surface area contributed by atoms with Crippen molar-refractivity contribution in [1.82, 2.24) is 15.5 Å². The summed E-state index contributed by atoms with van der Waals surface area (Å²) >= 11 is 0. The van der Waals surface area contributed by atoms with E-state index >= 15 is 0 Å². The molecule has 1 atom stereocenters. The lowest BCUT2D eigenvalue weighted by molar-refractivity contribution is 0.0950. The molecule has 0 aromatic heterocycles. The van der Waals surface area contributed by atoms with E-state index in [2.05, 4.69) is 10.6 Å². The number of hydrogen-bond acceptors (Lipinski definition) is 2. The van der Waals surface area contributed by atoms with Gasteiger partial charge in [0.1, 0.15) is 11.6 Å². The average Bonchev–Trinajstić information content (AvgIpc) is 2.71.